The fraction of sp³-hybridized carbons (Fsp3) is 0. The van der Waals surface area contributed by atoms with E-state index >= 15 is 0 Å². The Kier molecular flexibility index (Phi) is 6.47. The lowest BCUT2D eigenvalue weighted by Gasteiger charge is -2.11. The maximum atomic E-state index is 11.5. The third-order valence-corrected chi connectivity index (χ3v) is 4.28. The zero-order valence-electron chi connectivity index (χ0n) is 16.9. The minimum atomic E-state index is -1.48. The van der Waals surface area contributed by atoms with Crippen molar-refractivity contribution >= 4 is 28.7 Å². The number of benzene rings is 3. The van der Waals surface area contributed by atoms with Crippen LogP contribution in [0.25, 0.3) is 0 Å². The van der Waals surface area contributed by atoms with Gasteiger partial charge in [-0.1, -0.05) is 0 Å². The van der Waals surface area contributed by atoms with E-state index < -0.39 is 65.5 Å². The molecule has 3 aromatic carbocycles. The minimum Gasteiger partial charge on any atom is -0.478 e. The molecule has 3 aromatic rings. The minimum absolute atomic E-state index is 0.318. The highest BCUT2D eigenvalue weighted by atomic mass is 16.6. The van der Waals surface area contributed by atoms with Crippen LogP contribution in [0.4, 0.5) is 22.7 Å². The Morgan fingerprint density at radius 1 is 0.629 bits per heavy atom. The van der Waals surface area contributed by atoms with E-state index in [1.807, 2.05) is 0 Å². The zero-order valence-corrected chi connectivity index (χ0v) is 16.9. The molecule has 35 heavy (non-hydrogen) atoms. The normalized spacial score (nSPS) is 10.3. The van der Waals surface area contributed by atoms with Gasteiger partial charge in [0, 0.05) is 18.2 Å². The number of carbonyl (C=O) groups is 1. The molecule has 0 unspecified atom stereocenters. The van der Waals surface area contributed by atoms with Gasteiger partial charge in [-0.3, -0.25) is 40.5 Å². The number of aromatic carboxylic acids is 1. The van der Waals surface area contributed by atoms with Crippen LogP contribution in [0.2, 0.25) is 0 Å². The number of carboxylic acids is 1. The number of carboxylic acid groups (broad SMARTS) is 1. The Hall–Kier alpha value is -5.67. The predicted octanol–water partition coefficient (Wildman–Crippen LogP) is 4.60. The lowest BCUT2D eigenvalue weighted by molar-refractivity contribution is -0.394. The summed E-state index contributed by atoms with van der Waals surface area (Å²) in [6, 6.07) is 8.00. The van der Waals surface area contributed by atoms with Crippen LogP contribution in [-0.2, 0) is 0 Å². The number of non-ortho nitro benzene ring substituents is 2. The molecule has 0 spiro atoms. The summed E-state index contributed by atoms with van der Waals surface area (Å²) in [4.78, 5) is 52.3. The SMILES string of the molecule is O=C(O)c1cc(Oc2ccc([N+](=O)[O-])cc2[N+](=O)[O-])cc(Oc2ccc([N+](=O)[O-])cc2[N+](=O)[O-])c1. The molecule has 0 aliphatic heterocycles. The smallest absolute Gasteiger partial charge is 0.335 e. The van der Waals surface area contributed by atoms with Crippen molar-refractivity contribution in [2.75, 3.05) is 0 Å². The third kappa shape index (κ3) is 5.40. The first-order valence-corrected chi connectivity index (χ1v) is 9.06. The van der Waals surface area contributed by atoms with Gasteiger partial charge in [0.05, 0.1) is 37.4 Å². The fourth-order valence-corrected chi connectivity index (χ4v) is 2.76. The van der Waals surface area contributed by atoms with E-state index in [9.17, 15) is 50.4 Å². The molecule has 0 radical (unpaired) electrons. The van der Waals surface area contributed by atoms with Gasteiger partial charge in [-0.2, -0.15) is 0 Å². The lowest BCUT2D eigenvalue weighted by Crippen LogP contribution is -2.00. The molecule has 178 valence electrons. The molecule has 16 heteroatoms. The topological polar surface area (TPSA) is 228 Å². The molecule has 16 nitrogen and oxygen atoms in total. The van der Waals surface area contributed by atoms with Gasteiger partial charge in [0.2, 0.25) is 11.5 Å². The van der Waals surface area contributed by atoms with Crippen molar-refractivity contribution in [1.29, 1.82) is 0 Å². The number of nitro benzene ring substituents is 4. The Balaban J connectivity index is 2.05. The van der Waals surface area contributed by atoms with Gasteiger partial charge in [-0.15, -0.1) is 0 Å². The molecule has 0 saturated carbocycles. The molecule has 0 amide bonds. The van der Waals surface area contributed by atoms with Gasteiger partial charge in [0.1, 0.15) is 11.5 Å². The number of ether oxygens (including phenoxy) is 2. The molecule has 0 fully saturated rings. The van der Waals surface area contributed by atoms with Crippen LogP contribution in [0.5, 0.6) is 23.0 Å². The summed E-state index contributed by atoms with van der Waals surface area (Å²) >= 11 is 0. The second kappa shape index (κ2) is 9.45. The molecule has 1 N–H and O–H groups in total. The van der Waals surface area contributed by atoms with E-state index in [0.29, 0.717) is 12.1 Å². The Morgan fingerprint density at radius 3 is 1.34 bits per heavy atom. The monoisotopic (exact) mass is 486 g/mol. The number of hydrogen-bond donors (Lipinski definition) is 1. The first-order chi connectivity index (χ1) is 16.5. The van der Waals surface area contributed by atoms with E-state index in [4.69, 9.17) is 9.47 Å². The quantitative estimate of drug-likeness (QED) is 0.323. The van der Waals surface area contributed by atoms with Crippen LogP contribution in [-0.4, -0.2) is 30.8 Å². The highest BCUT2D eigenvalue weighted by Crippen LogP contribution is 2.39. The van der Waals surface area contributed by atoms with Crippen LogP contribution < -0.4 is 9.47 Å². The fourth-order valence-electron chi connectivity index (χ4n) is 2.76. The Bertz CT molecular complexity index is 1310. The van der Waals surface area contributed by atoms with E-state index in [1.165, 1.54) is 0 Å². The molecular weight excluding hydrogens is 476 g/mol. The molecule has 3 rings (SSSR count). The summed E-state index contributed by atoms with van der Waals surface area (Å²) in [6.07, 6.45) is 0. The van der Waals surface area contributed by atoms with Crippen molar-refractivity contribution < 1.29 is 39.1 Å². The van der Waals surface area contributed by atoms with Gasteiger partial charge < -0.3 is 14.6 Å². The van der Waals surface area contributed by atoms with E-state index in [-0.39, 0.29) is 11.5 Å². The van der Waals surface area contributed by atoms with Crippen molar-refractivity contribution in [3.8, 4) is 23.0 Å². The number of rotatable bonds is 9. The van der Waals surface area contributed by atoms with Crippen molar-refractivity contribution in [2.45, 2.75) is 0 Å². The first-order valence-electron chi connectivity index (χ1n) is 9.06. The summed E-state index contributed by atoms with van der Waals surface area (Å²) in [5.74, 6) is -3.04. The van der Waals surface area contributed by atoms with Gasteiger partial charge in [-0.25, -0.2) is 4.79 Å². The van der Waals surface area contributed by atoms with Gasteiger partial charge in [0.15, 0.2) is 0 Å². The summed E-state index contributed by atoms with van der Waals surface area (Å²) in [5.41, 5.74) is -3.18. The Labute approximate surface area is 192 Å². The molecule has 0 heterocycles. The maximum absolute atomic E-state index is 11.5. The van der Waals surface area contributed by atoms with E-state index in [1.54, 1.807) is 0 Å². The number of nitrogens with zero attached hydrogens (tertiary/aromatic N) is 4. The molecule has 0 aliphatic rings. The standard InChI is InChI=1S/C19H10N4O12/c24-19(25)10-5-13(34-17-3-1-11(20(26)27)7-15(17)22(30)31)9-14(6-10)35-18-4-2-12(21(28)29)8-16(18)23(32)33/h1-9H,(H,24,25). The van der Waals surface area contributed by atoms with Crippen molar-refractivity contribution in [3.05, 3.63) is 101 Å². The molecule has 0 aromatic heterocycles. The average Bonchev–Trinajstić information content (AvgIpc) is 2.78. The maximum Gasteiger partial charge on any atom is 0.335 e. The van der Waals surface area contributed by atoms with Crippen molar-refractivity contribution in [3.63, 3.8) is 0 Å². The zero-order chi connectivity index (χ0) is 25.9. The number of hydrogen-bond acceptors (Lipinski definition) is 11. The summed E-state index contributed by atoms with van der Waals surface area (Å²) in [7, 11) is 0. The molecule has 0 aliphatic carbocycles. The summed E-state index contributed by atoms with van der Waals surface area (Å²) in [6.45, 7) is 0. The lowest BCUT2D eigenvalue weighted by atomic mass is 10.2. The summed E-state index contributed by atoms with van der Waals surface area (Å²) in [5, 5.41) is 53.8. The van der Waals surface area contributed by atoms with Gasteiger partial charge in [0.25, 0.3) is 11.4 Å². The largest absolute Gasteiger partial charge is 0.478 e. The third-order valence-electron chi connectivity index (χ3n) is 4.28. The molecule has 0 saturated heterocycles. The first kappa shape index (κ1) is 24.0. The number of nitro groups is 4. The Morgan fingerprint density at radius 2 is 1.03 bits per heavy atom. The van der Waals surface area contributed by atoms with Crippen LogP contribution in [0.15, 0.2) is 54.6 Å². The van der Waals surface area contributed by atoms with E-state index in [2.05, 4.69) is 0 Å². The van der Waals surface area contributed by atoms with Crippen LogP contribution in [0.1, 0.15) is 10.4 Å². The highest BCUT2D eigenvalue weighted by molar-refractivity contribution is 5.88. The second-order valence-electron chi connectivity index (χ2n) is 6.53. The predicted molar refractivity (Wildman–Crippen MR) is 113 cm³/mol. The molecule has 0 bridgehead atoms. The average molecular weight is 486 g/mol. The molecular formula is C19H10N4O12. The van der Waals surface area contributed by atoms with Crippen LogP contribution in [0, 0.1) is 40.5 Å². The van der Waals surface area contributed by atoms with Crippen molar-refractivity contribution in [1.82, 2.24) is 0 Å². The van der Waals surface area contributed by atoms with Gasteiger partial charge in [-0.05, 0) is 24.3 Å². The second-order valence-corrected chi connectivity index (χ2v) is 6.53. The van der Waals surface area contributed by atoms with Crippen molar-refractivity contribution in [2.24, 2.45) is 0 Å². The highest BCUT2D eigenvalue weighted by Gasteiger charge is 2.24. The van der Waals surface area contributed by atoms with E-state index in [0.717, 1.165) is 42.5 Å². The summed E-state index contributed by atoms with van der Waals surface area (Å²) < 4.78 is 10.7. The van der Waals surface area contributed by atoms with Crippen LogP contribution >= 0.6 is 0 Å². The van der Waals surface area contributed by atoms with Crippen LogP contribution in [0.3, 0.4) is 0 Å². The van der Waals surface area contributed by atoms with Gasteiger partial charge >= 0.3 is 17.3 Å². The molecule has 0 atom stereocenters.